The van der Waals surface area contributed by atoms with Crippen molar-refractivity contribution in [3.05, 3.63) is 46.6 Å². The molecule has 1 heterocycles. The zero-order valence-electron chi connectivity index (χ0n) is 17.9. The smallest absolute Gasteiger partial charge is 0.340 e. The molecule has 0 saturated carbocycles. The molecule has 162 valence electrons. The first-order valence-electron chi connectivity index (χ1n) is 10.3. The molecular formula is C23H29NO6. The molecule has 2 aliphatic rings. The molecule has 0 amide bonds. The fraction of sp³-hybridized carbons (Fsp3) is 0.478. The van der Waals surface area contributed by atoms with E-state index in [0.717, 1.165) is 0 Å². The maximum Gasteiger partial charge on any atom is 0.340 e. The van der Waals surface area contributed by atoms with Gasteiger partial charge in [0.2, 0.25) is 5.88 Å². The Morgan fingerprint density at radius 2 is 2.00 bits per heavy atom. The third-order valence-corrected chi connectivity index (χ3v) is 5.06. The van der Waals surface area contributed by atoms with Gasteiger partial charge in [-0.05, 0) is 37.0 Å². The van der Waals surface area contributed by atoms with Crippen LogP contribution in [0.3, 0.4) is 0 Å². The first-order valence-corrected chi connectivity index (χ1v) is 10.3. The van der Waals surface area contributed by atoms with E-state index in [2.05, 4.69) is 13.8 Å². The average molecular weight is 415 g/mol. The highest BCUT2D eigenvalue weighted by atomic mass is 16.5. The maximum atomic E-state index is 12.8. The summed E-state index contributed by atoms with van der Waals surface area (Å²) in [4.78, 5) is 25.4. The zero-order chi connectivity index (χ0) is 21.8. The van der Waals surface area contributed by atoms with Crippen LogP contribution in [-0.2, 0) is 19.1 Å². The number of ether oxygens (including phenoxy) is 4. The number of Topliss-reactive ketones (excluding diaryl/α,β-unsaturated/α-hetero) is 1. The Bertz CT molecular complexity index is 899. The molecule has 0 aromatic heterocycles. The van der Waals surface area contributed by atoms with Crippen LogP contribution in [0.5, 0.6) is 11.5 Å². The molecule has 0 radical (unpaired) electrons. The molecule has 3 rings (SSSR count). The topological polar surface area (TPSA) is 97.1 Å². The van der Waals surface area contributed by atoms with Crippen molar-refractivity contribution in [3.63, 3.8) is 0 Å². The zero-order valence-corrected chi connectivity index (χ0v) is 17.9. The molecule has 0 spiro atoms. The molecule has 1 aromatic rings. The van der Waals surface area contributed by atoms with Gasteiger partial charge in [0, 0.05) is 18.4 Å². The van der Waals surface area contributed by atoms with E-state index in [1.807, 2.05) is 13.0 Å². The summed E-state index contributed by atoms with van der Waals surface area (Å²) in [5, 5.41) is 0. The van der Waals surface area contributed by atoms with Crippen LogP contribution in [0, 0.1) is 5.92 Å². The van der Waals surface area contributed by atoms with E-state index in [9.17, 15) is 9.59 Å². The number of benzene rings is 1. The van der Waals surface area contributed by atoms with Crippen molar-refractivity contribution >= 4 is 11.8 Å². The van der Waals surface area contributed by atoms with E-state index in [0.29, 0.717) is 66.8 Å². The molecule has 0 saturated heterocycles. The summed E-state index contributed by atoms with van der Waals surface area (Å²) in [6.45, 7) is 7.01. The molecule has 1 aromatic carbocycles. The Kier molecular flexibility index (Phi) is 6.70. The van der Waals surface area contributed by atoms with E-state index >= 15 is 0 Å². The number of carbonyl (C=O) groups excluding carboxylic acids is 2. The minimum absolute atomic E-state index is 0.0293. The Morgan fingerprint density at radius 1 is 1.23 bits per heavy atom. The molecule has 7 nitrogen and oxygen atoms in total. The van der Waals surface area contributed by atoms with E-state index in [1.165, 1.54) is 7.11 Å². The molecule has 7 heteroatoms. The lowest BCUT2D eigenvalue weighted by Crippen LogP contribution is -2.31. The van der Waals surface area contributed by atoms with E-state index < -0.39 is 11.9 Å². The monoisotopic (exact) mass is 415 g/mol. The van der Waals surface area contributed by atoms with Crippen molar-refractivity contribution in [1.29, 1.82) is 0 Å². The Labute approximate surface area is 176 Å². The molecular weight excluding hydrogens is 386 g/mol. The average Bonchev–Trinajstić information content (AvgIpc) is 2.71. The van der Waals surface area contributed by atoms with Crippen LogP contribution in [-0.4, -0.2) is 32.1 Å². The summed E-state index contributed by atoms with van der Waals surface area (Å²) in [7, 11) is 1.28. The number of hydrogen-bond acceptors (Lipinski definition) is 7. The van der Waals surface area contributed by atoms with Gasteiger partial charge in [-0.3, -0.25) is 4.79 Å². The summed E-state index contributed by atoms with van der Waals surface area (Å²) < 4.78 is 22.3. The molecule has 1 aliphatic carbocycles. The molecule has 1 aliphatic heterocycles. The maximum absolute atomic E-state index is 12.8. The second kappa shape index (κ2) is 9.24. The van der Waals surface area contributed by atoms with Gasteiger partial charge in [-0.25, -0.2) is 4.79 Å². The Morgan fingerprint density at radius 3 is 2.67 bits per heavy atom. The minimum Gasteiger partial charge on any atom is -0.490 e. The van der Waals surface area contributed by atoms with Crippen molar-refractivity contribution in [2.24, 2.45) is 11.7 Å². The predicted octanol–water partition coefficient (Wildman–Crippen LogP) is 3.58. The lowest BCUT2D eigenvalue weighted by Gasteiger charge is -2.32. The number of ketones is 1. The standard InChI is InChI=1S/C23H29NO6/c1-5-28-18-11-14(9-10-16(18)29-12-13(2)3)19-20-15(25)7-6-8-17(20)30-22(24)21(19)23(26)27-4/h9-11,13,19H,5-8,12,24H2,1-4H3/t19-/m0/s1. The van der Waals surface area contributed by atoms with Crippen molar-refractivity contribution in [1.82, 2.24) is 0 Å². The molecule has 2 N–H and O–H groups in total. The largest absolute Gasteiger partial charge is 0.490 e. The van der Waals surface area contributed by atoms with E-state index in [4.69, 9.17) is 24.7 Å². The molecule has 0 bridgehead atoms. The summed E-state index contributed by atoms with van der Waals surface area (Å²) in [5.41, 5.74) is 7.39. The van der Waals surface area contributed by atoms with Crippen LogP contribution in [0.2, 0.25) is 0 Å². The second-order valence-electron chi connectivity index (χ2n) is 7.76. The van der Waals surface area contributed by atoms with Crippen LogP contribution in [0.1, 0.15) is 51.5 Å². The van der Waals surface area contributed by atoms with Gasteiger partial charge in [0.25, 0.3) is 0 Å². The number of esters is 1. The Hall–Kier alpha value is -2.96. The van der Waals surface area contributed by atoms with Crippen LogP contribution in [0.25, 0.3) is 0 Å². The van der Waals surface area contributed by atoms with Crippen LogP contribution >= 0.6 is 0 Å². The lowest BCUT2D eigenvalue weighted by molar-refractivity contribution is -0.136. The number of nitrogens with two attached hydrogens (primary N) is 1. The third-order valence-electron chi connectivity index (χ3n) is 5.06. The first kappa shape index (κ1) is 21.7. The summed E-state index contributed by atoms with van der Waals surface area (Å²) >= 11 is 0. The number of allylic oxidation sites excluding steroid dienone is 2. The van der Waals surface area contributed by atoms with Crippen molar-refractivity contribution < 1.29 is 28.5 Å². The van der Waals surface area contributed by atoms with E-state index in [-0.39, 0.29) is 17.2 Å². The normalized spacial score (nSPS) is 18.8. The van der Waals surface area contributed by atoms with Gasteiger partial charge in [0.05, 0.1) is 26.2 Å². The van der Waals surface area contributed by atoms with Gasteiger partial charge >= 0.3 is 5.97 Å². The third kappa shape index (κ3) is 4.30. The van der Waals surface area contributed by atoms with Crippen LogP contribution in [0.4, 0.5) is 0 Å². The SMILES string of the molecule is CCOc1cc([C@@H]2C(C(=O)OC)=C(N)OC3=C2C(=O)CCC3)ccc1OCC(C)C. The van der Waals surface area contributed by atoms with Crippen LogP contribution in [0.15, 0.2) is 41.0 Å². The second-order valence-corrected chi connectivity index (χ2v) is 7.76. The highest BCUT2D eigenvalue weighted by Gasteiger charge is 2.41. The highest BCUT2D eigenvalue weighted by molar-refractivity contribution is 6.03. The summed E-state index contributed by atoms with van der Waals surface area (Å²) in [5.74, 6) is 0.673. The van der Waals surface area contributed by atoms with Gasteiger partial charge in [-0.1, -0.05) is 19.9 Å². The fourth-order valence-corrected chi connectivity index (χ4v) is 3.75. The Balaban J connectivity index is 2.11. The molecule has 1 atom stereocenters. The van der Waals surface area contributed by atoms with Crippen molar-refractivity contribution in [2.75, 3.05) is 20.3 Å². The van der Waals surface area contributed by atoms with Gasteiger partial charge < -0.3 is 24.7 Å². The fourth-order valence-electron chi connectivity index (χ4n) is 3.75. The number of rotatable bonds is 7. The molecule has 0 unspecified atom stereocenters. The quantitative estimate of drug-likeness (QED) is 0.680. The number of methoxy groups -OCH3 is 1. The van der Waals surface area contributed by atoms with Gasteiger partial charge in [0.15, 0.2) is 17.3 Å². The molecule has 0 fully saturated rings. The number of hydrogen-bond donors (Lipinski definition) is 1. The highest BCUT2D eigenvalue weighted by Crippen LogP contribution is 2.45. The van der Waals surface area contributed by atoms with E-state index in [1.54, 1.807) is 12.1 Å². The first-order chi connectivity index (χ1) is 14.4. The van der Waals surface area contributed by atoms with Gasteiger partial charge in [-0.15, -0.1) is 0 Å². The molecule has 30 heavy (non-hydrogen) atoms. The lowest BCUT2D eigenvalue weighted by atomic mass is 9.77. The predicted molar refractivity (Wildman–Crippen MR) is 111 cm³/mol. The van der Waals surface area contributed by atoms with Crippen molar-refractivity contribution in [2.45, 2.75) is 46.0 Å². The summed E-state index contributed by atoms with van der Waals surface area (Å²) in [6, 6.07) is 5.44. The van der Waals surface area contributed by atoms with Gasteiger partial charge in [0.1, 0.15) is 11.3 Å². The minimum atomic E-state index is -0.674. The van der Waals surface area contributed by atoms with Crippen molar-refractivity contribution in [3.8, 4) is 11.5 Å². The number of carbonyl (C=O) groups is 2. The summed E-state index contributed by atoms with van der Waals surface area (Å²) in [6.07, 6.45) is 1.69. The van der Waals surface area contributed by atoms with Gasteiger partial charge in [-0.2, -0.15) is 0 Å². The van der Waals surface area contributed by atoms with Crippen LogP contribution < -0.4 is 15.2 Å².